The number of benzene rings is 2. The summed E-state index contributed by atoms with van der Waals surface area (Å²) in [7, 11) is 1.88. The molecule has 0 spiro atoms. The summed E-state index contributed by atoms with van der Waals surface area (Å²) >= 11 is 0. The Balaban J connectivity index is 0.00000208. The molecule has 2 nitrogen and oxygen atoms in total. The molecule has 129 valence electrons. The average Bonchev–Trinajstić information content (AvgIpc) is 2.83. The van der Waals surface area contributed by atoms with Gasteiger partial charge in [0, 0.05) is 16.9 Å². The van der Waals surface area contributed by atoms with Crippen molar-refractivity contribution in [1.29, 1.82) is 0 Å². The SMILES string of the molecule is C[C-](C)c1ccc(C(F)(F)F)cc1N1[CH-]N(C)c2ccccc21.[Rh+2]. The minimum atomic E-state index is -4.36. The maximum Gasteiger partial charge on any atom is 2.00 e. The van der Waals surface area contributed by atoms with Crippen molar-refractivity contribution in [2.75, 3.05) is 16.8 Å². The van der Waals surface area contributed by atoms with E-state index in [1.165, 1.54) is 6.07 Å². The van der Waals surface area contributed by atoms with Crippen LogP contribution in [0.5, 0.6) is 0 Å². The van der Waals surface area contributed by atoms with E-state index in [4.69, 9.17) is 0 Å². The molecule has 0 saturated heterocycles. The number of anilines is 3. The Bertz CT molecular complexity index is 728. The first kappa shape index (κ1) is 18.7. The molecule has 1 heterocycles. The topological polar surface area (TPSA) is 6.48 Å². The van der Waals surface area contributed by atoms with E-state index in [0.717, 1.165) is 28.9 Å². The van der Waals surface area contributed by atoms with Gasteiger partial charge in [-0.3, -0.25) is 0 Å². The van der Waals surface area contributed by atoms with Crippen molar-refractivity contribution in [3.63, 3.8) is 0 Å². The van der Waals surface area contributed by atoms with Crippen LogP contribution in [0.3, 0.4) is 0 Å². The van der Waals surface area contributed by atoms with E-state index in [1.807, 2.05) is 61.6 Å². The molecule has 0 fully saturated rings. The predicted octanol–water partition coefficient (Wildman–Crippen LogP) is 5.37. The molecule has 2 aromatic rings. The van der Waals surface area contributed by atoms with Crippen LogP contribution in [0.1, 0.15) is 25.0 Å². The first-order valence-corrected chi connectivity index (χ1v) is 7.27. The van der Waals surface area contributed by atoms with E-state index in [9.17, 15) is 13.2 Å². The molecular formula is C18H17F3N2Rh. The molecule has 0 aromatic heterocycles. The molecule has 1 aliphatic heterocycles. The monoisotopic (exact) mass is 421 g/mol. The van der Waals surface area contributed by atoms with Gasteiger partial charge in [0.2, 0.25) is 0 Å². The summed E-state index contributed by atoms with van der Waals surface area (Å²) in [4.78, 5) is 3.72. The number of alkyl halides is 3. The molecule has 2 aromatic carbocycles. The summed E-state index contributed by atoms with van der Waals surface area (Å²) in [5, 5.41) is 0. The Labute approximate surface area is 153 Å². The summed E-state index contributed by atoms with van der Waals surface area (Å²) in [5.74, 6) is 0.967. The van der Waals surface area contributed by atoms with Crippen LogP contribution in [-0.2, 0) is 25.7 Å². The fourth-order valence-corrected chi connectivity index (χ4v) is 2.79. The maximum absolute atomic E-state index is 13.1. The van der Waals surface area contributed by atoms with Crippen molar-refractivity contribution in [3.8, 4) is 0 Å². The summed E-state index contributed by atoms with van der Waals surface area (Å²) in [6, 6.07) is 11.5. The molecular weight excluding hydrogens is 404 g/mol. The van der Waals surface area contributed by atoms with Crippen molar-refractivity contribution in [2.45, 2.75) is 20.0 Å². The van der Waals surface area contributed by atoms with Gasteiger partial charge in [0.25, 0.3) is 0 Å². The molecule has 0 bridgehead atoms. The van der Waals surface area contributed by atoms with Gasteiger partial charge in [0.05, 0.1) is 0 Å². The zero-order valence-corrected chi connectivity index (χ0v) is 15.1. The number of hydrogen-bond acceptors (Lipinski definition) is 2. The molecule has 1 aliphatic rings. The fourth-order valence-electron chi connectivity index (χ4n) is 2.79. The van der Waals surface area contributed by atoms with Gasteiger partial charge in [-0.25, -0.2) is 0 Å². The smallest absolute Gasteiger partial charge is 0.526 e. The zero-order valence-electron chi connectivity index (χ0n) is 13.5. The Hall–Kier alpha value is -1.68. The molecule has 0 amide bonds. The van der Waals surface area contributed by atoms with Crippen LogP contribution in [0.4, 0.5) is 30.2 Å². The van der Waals surface area contributed by atoms with E-state index in [1.54, 1.807) is 6.07 Å². The second-order valence-corrected chi connectivity index (χ2v) is 5.81. The zero-order chi connectivity index (χ0) is 16.8. The fraction of sp³-hybridized carbons (Fsp3) is 0.222. The molecule has 0 saturated carbocycles. The number of hydrogen-bond donors (Lipinski definition) is 0. The van der Waals surface area contributed by atoms with E-state index in [2.05, 4.69) is 0 Å². The van der Waals surface area contributed by atoms with Gasteiger partial charge in [-0.1, -0.05) is 37.7 Å². The van der Waals surface area contributed by atoms with Crippen LogP contribution >= 0.6 is 0 Å². The number of nitrogens with zero attached hydrogens (tertiary/aromatic N) is 2. The van der Waals surface area contributed by atoms with Crippen molar-refractivity contribution in [1.82, 2.24) is 0 Å². The third-order valence-corrected chi connectivity index (χ3v) is 3.93. The van der Waals surface area contributed by atoms with E-state index >= 15 is 0 Å². The molecule has 0 aliphatic carbocycles. The summed E-state index contributed by atoms with van der Waals surface area (Å²) in [6.07, 6.45) is -4.36. The number of para-hydroxylation sites is 2. The van der Waals surface area contributed by atoms with Crippen molar-refractivity contribution < 1.29 is 32.6 Å². The number of rotatable bonds is 2. The van der Waals surface area contributed by atoms with Crippen LogP contribution in [0.25, 0.3) is 0 Å². The van der Waals surface area contributed by atoms with Crippen LogP contribution in [0.15, 0.2) is 42.5 Å². The van der Waals surface area contributed by atoms with Gasteiger partial charge in [-0.15, -0.1) is 6.07 Å². The molecule has 0 unspecified atom stereocenters. The van der Waals surface area contributed by atoms with Gasteiger partial charge < -0.3 is 9.80 Å². The quantitative estimate of drug-likeness (QED) is 0.475. The van der Waals surface area contributed by atoms with Gasteiger partial charge in [0.15, 0.2) is 0 Å². The summed E-state index contributed by atoms with van der Waals surface area (Å²) in [5.41, 5.74) is 2.54. The predicted molar refractivity (Wildman–Crippen MR) is 86.4 cm³/mol. The van der Waals surface area contributed by atoms with Gasteiger partial charge >= 0.3 is 25.7 Å². The molecule has 6 heteroatoms. The average molecular weight is 421 g/mol. The minimum absolute atomic E-state index is 0. The summed E-state index contributed by atoms with van der Waals surface area (Å²) < 4.78 is 39.3. The first-order chi connectivity index (χ1) is 10.8. The Morgan fingerprint density at radius 3 is 2.17 bits per heavy atom. The largest absolute Gasteiger partial charge is 2.00 e. The van der Waals surface area contributed by atoms with Crippen LogP contribution in [0, 0.1) is 12.6 Å². The van der Waals surface area contributed by atoms with Gasteiger partial charge in [0.1, 0.15) is 0 Å². The van der Waals surface area contributed by atoms with Crippen molar-refractivity contribution in [3.05, 3.63) is 66.2 Å². The van der Waals surface area contributed by atoms with Crippen LogP contribution < -0.4 is 9.80 Å². The van der Waals surface area contributed by atoms with Crippen LogP contribution in [-0.4, -0.2) is 7.05 Å². The Kier molecular flexibility index (Phi) is 5.19. The first-order valence-electron chi connectivity index (χ1n) is 7.27. The minimum Gasteiger partial charge on any atom is -0.526 e. The van der Waals surface area contributed by atoms with Crippen molar-refractivity contribution >= 4 is 17.1 Å². The molecule has 0 N–H and O–H groups in total. The standard InChI is InChI=1S/C18H17F3N2.Rh/c1-12(2)14-9-8-13(18(19,20)21)10-17(14)23-11-22(3)15-6-4-5-7-16(15)23;/h4-11H,1-3H3;/q-2;+2. The molecule has 24 heavy (non-hydrogen) atoms. The second-order valence-electron chi connectivity index (χ2n) is 5.81. The van der Waals surface area contributed by atoms with Crippen molar-refractivity contribution in [2.24, 2.45) is 0 Å². The third kappa shape index (κ3) is 3.25. The van der Waals surface area contributed by atoms with E-state index < -0.39 is 11.7 Å². The van der Waals surface area contributed by atoms with E-state index in [-0.39, 0.29) is 19.5 Å². The maximum atomic E-state index is 13.1. The normalized spacial score (nSPS) is 13.6. The van der Waals surface area contributed by atoms with Crippen LogP contribution in [0.2, 0.25) is 0 Å². The van der Waals surface area contributed by atoms with E-state index in [0.29, 0.717) is 5.69 Å². The number of halogens is 3. The third-order valence-electron chi connectivity index (χ3n) is 3.93. The molecule has 1 radical (unpaired) electrons. The van der Waals surface area contributed by atoms with Gasteiger partial charge in [-0.2, -0.15) is 37.4 Å². The molecule has 3 rings (SSSR count). The molecule has 0 atom stereocenters. The Morgan fingerprint density at radius 2 is 1.58 bits per heavy atom. The van der Waals surface area contributed by atoms with Gasteiger partial charge in [-0.05, 0) is 19.2 Å². The summed E-state index contributed by atoms with van der Waals surface area (Å²) in [6.45, 7) is 5.61. The second kappa shape index (κ2) is 6.68. The number of fused-ring (bicyclic) bond motifs is 1. The Morgan fingerprint density at radius 1 is 0.958 bits per heavy atom.